The van der Waals surface area contributed by atoms with E-state index < -0.39 is 17.0 Å². The Morgan fingerprint density at radius 2 is 1.96 bits per heavy atom. The molecule has 0 aliphatic heterocycles. The first kappa shape index (κ1) is 17.3. The van der Waals surface area contributed by atoms with Crippen LogP contribution in [0.3, 0.4) is 0 Å². The monoisotopic (exact) mass is 331 g/mol. The predicted molar refractivity (Wildman–Crippen MR) is 83.3 cm³/mol. The van der Waals surface area contributed by atoms with E-state index in [4.69, 9.17) is 10.00 Å². The number of aromatic nitrogens is 1. The number of hydrogen-bond acceptors (Lipinski definition) is 4. The molecule has 0 saturated carbocycles. The lowest BCUT2D eigenvalue weighted by molar-refractivity contribution is -0.117. The molecule has 2 aromatic rings. The summed E-state index contributed by atoms with van der Waals surface area (Å²) in [5.41, 5.74) is -0.764. The van der Waals surface area contributed by atoms with Crippen molar-refractivity contribution in [3.8, 4) is 17.6 Å². The molecule has 1 N–H and O–H groups in total. The summed E-state index contributed by atoms with van der Waals surface area (Å²) in [5.74, 6) is -1.57. The molecule has 2 rings (SSSR count). The van der Waals surface area contributed by atoms with E-state index in [2.05, 4.69) is 10.3 Å². The van der Waals surface area contributed by atoms with E-state index in [1.807, 2.05) is 6.07 Å². The van der Waals surface area contributed by atoms with Crippen LogP contribution in [0.25, 0.3) is 0 Å². The molecule has 0 aliphatic rings. The van der Waals surface area contributed by atoms with Crippen molar-refractivity contribution < 1.29 is 18.3 Å². The molecule has 24 heavy (non-hydrogen) atoms. The minimum absolute atomic E-state index is 0.0400. The standard InChI is InChI=1S/C17H15F2N3O2/c1-17(2,10-20)8-16(23)22-15-6-4-12(9-21-15)24-11-3-5-13(18)14(19)7-11/h3-7,9H,8H2,1-2H3,(H,21,22,23). The first-order valence-electron chi connectivity index (χ1n) is 7.09. The Balaban J connectivity index is 1.99. The van der Waals surface area contributed by atoms with Gasteiger partial charge in [0.1, 0.15) is 17.3 Å². The number of anilines is 1. The molecule has 0 bridgehead atoms. The third kappa shape index (κ3) is 4.74. The van der Waals surface area contributed by atoms with Crippen LogP contribution in [-0.4, -0.2) is 10.9 Å². The third-order valence-electron chi connectivity index (χ3n) is 3.04. The topological polar surface area (TPSA) is 75.0 Å². The molecule has 1 amide bonds. The van der Waals surface area contributed by atoms with E-state index in [0.29, 0.717) is 11.6 Å². The lowest BCUT2D eigenvalue weighted by Gasteiger charge is -2.14. The van der Waals surface area contributed by atoms with Gasteiger partial charge in [-0.25, -0.2) is 13.8 Å². The van der Waals surface area contributed by atoms with Gasteiger partial charge in [-0.15, -0.1) is 0 Å². The molecule has 0 atom stereocenters. The van der Waals surface area contributed by atoms with Crippen LogP contribution in [-0.2, 0) is 4.79 Å². The fourth-order valence-corrected chi connectivity index (χ4v) is 1.82. The molecule has 124 valence electrons. The Hall–Kier alpha value is -3.01. The highest BCUT2D eigenvalue weighted by Gasteiger charge is 2.21. The zero-order valence-electron chi connectivity index (χ0n) is 13.1. The smallest absolute Gasteiger partial charge is 0.227 e. The second-order valence-corrected chi connectivity index (χ2v) is 5.78. The van der Waals surface area contributed by atoms with Gasteiger partial charge < -0.3 is 10.1 Å². The number of nitrogens with zero attached hydrogens (tertiary/aromatic N) is 2. The van der Waals surface area contributed by atoms with Crippen LogP contribution < -0.4 is 10.1 Å². The van der Waals surface area contributed by atoms with E-state index in [0.717, 1.165) is 12.1 Å². The van der Waals surface area contributed by atoms with Crippen molar-refractivity contribution in [2.45, 2.75) is 20.3 Å². The molecule has 5 nitrogen and oxygen atoms in total. The Kier molecular flexibility index (Phi) is 5.09. The van der Waals surface area contributed by atoms with Gasteiger partial charge in [0.25, 0.3) is 0 Å². The Morgan fingerprint density at radius 1 is 1.25 bits per heavy atom. The molecule has 1 aromatic carbocycles. The van der Waals surface area contributed by atoms with Gasteiger partial charge in [0.05, 0.1) is 17.7 Å². The highest BCUT2D eigenvalue weighted by atomic mass is 19.2. The maximum Gasteiger partial charge on any atom is 0.227 e. The maximum atomic E-state index is 13.1. The fraction of sp³-hybridized carbons (Fsp3) is 0.235. The molecule has 0 spiro atoms. The summed E-state index contributed by atoms with van der Waals surface area (Å²) >= 11 is 0. The van der Waals surface area contributed by atoms with E-state index in [1.54, 1.807) is 13.8 Å². The van der Waals surface area contributed by atoms with Gasteiger partial charge in [0.2, 0.25) is 5.91 Å². The van der Waals surface area contributed by atoms with E-state index in [9.17, 15) is 13.6 Å². The molecule has 7 heteroatoms. The van der Waals surface area contributed by atoms with Crippen LogP contribution in [0.4, 0.5) is 14.6 Å². The summed E-state index contributed by atoms with van der Waals surface area (Å²) in [7, 11) is 0. The number of ether oxygens (including phenoxy) is 1. The van der Waals surface area contributed by atoms with Gasteiger partial charge >= 0.3 is 0 Å². The Bertz CT molecular complexity index is 783. The van der Waals surface area contributed by atoms with Crippen LogP contribution in [0.2, 0.25) is 0 Å². The maximum absolute atomic E-state index is 13.1. The van der Waals surface area contributed by atoms with Crippen LogP contribution in [0, 0.1) is 28.4 Å². The van der Waals surface area contributed by atoms with Crippen LogP contribution in [0.5, 0.6) is 11.5 Å². The summed E-state index contributed by atoms with van der Waals surface area (Å²) in [6.07, 6.45) is 1.38. The molecule has 0 saturated heterocycles. The van der Waals surface area contributed by atoms with E-state index >= 15 is 0 Å². The zero-order chi connectivity index (χ0) is 17.7. The van der Waals surface area contributed by atoms with E-state index in [1.165, 1.54) is 24.4 Å². The quantitative estimate of drug-likeness (QED) is 0.897. The number of nitrogens with one attached hydrogen (secondary N) is 1. The SMILES string of the molecule is CC(C)(C#N)CC(=O)Nc1ccc(Oc2ccc(F)c(F)c2)cn1. The Morgan fingerprint density at radius 3 is 2.54 bits per heavy atom. The molecule has 1 heterocycles. The number of hydrogen-bond donors (Lipinski definition) is 1. The van der Waals surface area contributed by atoms with Crippen molar-refractivity contribution >= 4 is 11.7 Å². The van der Waals surface area contributed by atoms with Crippen LogP contribution >= 0.6 is 0 Å². The van der Waals surface area contributed by atoms with Crippen molar-refractivity contribution in [2.75, 3.05) is 5.32 Å². The number of benzene rings is 1. The molecule has 1 aromatic heterocycles. The summed E-state index contributed by atoms with van der Waals surface area (Å²) in [5, 5.41) is 11.5. The normalized spacial score (nSPS) is 10.8. The summed E-state index contributed by atoms with van der Waals surface area (Å²) in [6.45, 7) is 3.33. The third-order valence-corrected chi connectivity index (χ3v) is 3.04. The number of carbonyl (C=O) groups is 1. The van der Waals surface area contributed by atoms with Crippen molar-refractivity contribution in [3.05, 3.63) is 48.2 Å². The van der Waals surface area contributed by atoms with Crippen molar-refractivity contribution in [1.29, 1.82) is 5.26 Å². The number of rotatable bonds is 5. The van der Waals surface area contributed by atoms with Gasteiger partial charge in [-0.2, -0.15) is 5.26 Å². The molecule has 0 unspecified atom stereocenters. The summed E-state index contributed by atoms with van der Waals surface area (Å²) in [4.78, 5) is 15.8. The zero-order valence-corrected chi connectivity index (χ0v) is 13.1. The van der Waals surface area contributed by atoms with Crippen molar-refractivity contribution in [2.24, 2.45) is 5.41 Å². The number of amides is 1. The largest absolute Gasteiger partial charge is 0.456 e. The fourth-order valence-electron chi connectivity index (χ4n) is 1.82. The second kappa shape index (κ2) is 7.04. The number of pyridine rings is 1. The van der Waals surface area contributed by atoms with Gasteiger partial charge in [-0.1, -0.05) is 0 Å². The van der Waals surface area contributed by atoms with Crippen LogP contribution in [0.1, 0.15) is 20.3 Å². The molecule has 0 radical (unpaired) electrons. The highest BCUT2D eigenvalue weighted by Crippen LogP contribution is 2.24. The first-order chi connectivity index (χ1) is 11.3. The molecular weight excluding hydrogens is 316 g/mol. The van der Waals surface area contributed by atoms with E-state index in [-0.39, 0.29) is 18.1 Å². The number of nitriles is 1. The lowest BCUT2D eigenvalue weighted by atomic mass is 9.91. The van der Waals surface area contributed by atoms with Gasteiger partial charge in [0.15, 0.2) is 11.6 Å². The summed E-state index contributed by atoms with van der Waals surface area (Å²) < 4.78 is 31.3. The summed E-state index contributed by atoms with van der Waals surface area (Å²) in [6, 6.07) is 8.26. The van der Waals surface area contributed by atoms with Gasteiger partial charge in [0, 0.05) is 12.5 Å². The average Bonchev–Trinajstić information content (AvgIpc) is 2.52. The minimum atomic E-state index is -1.01. The van der Waals surface area contributed by atoms with Gasteiger partial charge in [-0.05, 0) is 38.1 Å². The molecule has 0 aliphatic carbocycles. The number of halogens is 2. The lowest BCUT2D eigenvalue weighted by Crippen LogP contribution is -2.21. The average molecular weight is 331 g/mol. The van der Waals surface area contributed by atoms with Gasteiger partial charge in [-0.3, -0.25) is 4.79 Å². The highest BCUT2D eigenvalue weighted by molar-refractivity contribution is 5.90. The first-order valence-corrected chi connectivity index (χ1v) is 7.09. The Labute approximate surface area is 137 Å². The molecular formula is C17H15F2N3O2. The second-order valence-electron chi connectivity index (χ2n) is 5.78. The molecule has 0 fully saturated rings. The predicted octanol–water partition coefficient (Wildman–Crippen LogP) is 4.03. The van der Waals surface area contributed by atoms with Crippen molar-refractivity contribution in [1.82, 2.24) is 4.98 Å². The van der Waals surface area contributed by atoms with Crippen molar-refractivity contribution in [3.63, 3.8) is 0 Å². The van der Waals surface area contributed by atoms with Crippen LogP contribution in [0.15, 0.2) is 36.5 Å². The number of carbonyl (C=O) groups excluding carboxylic acids is 1. The minimum Gasteiger partial charge on any atom is -0.456 e.